The van der Waals surface area contributed by atoms with Crippen LogP contribution in [0.2, 0.25) is 0 Å². The predicted octanol–water partition coefficient (Wildman–Crippen LogP) is 3.32. The fourth-order valence-corrected chi connectivity index (χ4v) is 3.94. The lowest BCUT2D eigenvalue weighted by molar-refractivity contribution is 0.559. The van der Waals surface area contributed by atoms with Gasteiger partial charge >= 0.3 is 0 Å². The van der Waals surface area contributed by atoms with Crippen molar-refractivity contribution in [1.82, 2.24) is 5.01 Å². The van der Waals surface area contributed by atoms with Crippen molar-refractivity contribution < 1.29 is 0 Å². The molecule has 0 amide bonds. The lowest BCUT2D eigenvalue weighted by atomic mass is 9.89. The molecule has 0 aromatic heterocycles. The molecule has 2 aliphatic rings. The summed E-state index contributed by atoms with van der Waals surface area (Å²) in [6.07, 6.45) is 4.63. The Morgan fingerprint density at radius 1 is 1.24 bits per heavy atom. The summed E-state index contributed by atoms with van der Waals surface area (Å²) < 4.78 is 4.47. The smallest absolute Gasteiger partial charge is 0.121 e. The highest BCUT2D eigenvalue weighted by molar-refractivity contribution is 7.35. The van der Waals surface area contributed by atoms with Gasteiger partial charge in [-0.3, -0.25) is 14.8 Å². The Morgan fingerprint density at radius 2 is 2.00 bits per heavy atom. The first kappa shape index (κ1) is 17.8. The van der Waals surface area contributed by atoms with Crippen molar-refractivity contribution in [2.24, 2.45) is 21.3 Å². The molecule has 1 aromatic rings. The number of hydrogen-bond donors (Lipinski definition) is 2. The number of aliphatic imine (C=N–C) groups is 1. The van der Waals surface area contributed by atoms with E-state index < -0.39 is 0 Å². The summed E-state index contributed by atoms with van der Waals surface area (Å²) in [4.78, 5) is 4.85. The Kier molecular flexibility index (Phi) is 5.67. The Balaban J connectivity index is 1.91. The molecule has 2 aliphatic heterocycles. The van der Waals surface area contributed by atoms with Gasteiger partial charge in [-0.1, -0.05) is 30.3 Å². The van der Waals surface area contributed by atoms with E-state index in [1.807, 2.05) is 18.9 Å². The number of nitrogens with two attached hydrogens (primary N) is 2. The fourth-order valence-electron chi connectivity index (χ4n) is 3.46. The minimum Gasteiger partial charge on any atom is -0.401 e. The van der Waals surface area contributed by atoms with Crippen LogP contribution < -0.4 is 11.6 Å². The summed E-state index contributed by atoms with van der Waals surface area (Å²) in [5, 5.41) is 1.64. The van der Waals surface area contributed by atoms with Gasteiger partial charge in [-0.2, -0.15) is 0 Å². The van der Waals surface area contributed by atoms with Crippen molar-refractivity contribution in [3.8, 4) is 0 Å². The largest absolute Gasteiger partial charge is 0.401 e. The van der Waals surface area contributed by atoms with Crippen LogP contribution in [0.5, 0.6) is 0 Å². The monoisotopic (exact) mass is 355 g/mol. The molecule has 0 radical (unpaired) electrons. The van der Waals surface area contributed by atoms with Gasteiger partial charge in [0.2, 0.25) is 0 Å². The molecule has 5 nitrogen and oxygen atoms in total. The molecule has 0 saturated heterocycles. The zero-order valence-electron chi connectivity index (χ0n) is 14.9. The molecule has 0 saturated carbocycles. The standard InChI is InChI=1S/C19H26N5P/c1-13-18(20)16(14-6-4-3-5-7-14)10-11-22-19(13)15-8-9-17(23-25-2)24(21)12-15/h3-7,12,16,25H,8-11,20-21H2,1-2H3/b23-17-. The average Bonchev–Trinajstić information content (AvgIpc) is 2.77. The predicted molar refractivity (Wildman–Crippen MR) is 108 cm³/mol. The van der Waals surface area contributed by atoms with Gasteiger partial charge in [0.15, 0.2) is 0 Å². The average molecular weight is 355 g/mol. The highest BCUT2D eigenvalue weighted by Gasteiger charge is 2.25. The van der Waals surface area contributed by atoms with Crippen LogP contribution in [-0.2, 0) is 0 Å². The Bertz CT molecular complexity index is 748. The van der Waals surface area contributed by atoms with E-state index in [1.54, 1.807) is 5.01 Å². The summed E-state index contributed by atoms with van der Waals surface area (Å²) in [5.74, 6) is 7.29. The lowest BCUT2D eigenvalue weighted by Crippen LogP contribution is -2.36. The van der Waals surface area contributed by atoms with Gasteiger partial charge in [0.1, 0.15) is 5.84 Å². The molecule has 4 N–H and O–H groups in total. The first-order valence-electron chi connectivity index (χ1n) is 8.66. The second-order valence-corrected chi connectivity index (χ2v) is 7.05. The SMILES string of the molecule is CP/N=C1/CCC(C2=NCCC(c3ccccc3)C(N)=C2C)=CN1N. The van der Waals surface area contributed by atoms with Crippen molar-refractivity contribution in [2.75, 3.05) is 13.2 Å². The molecule has 0 aliphatic carbocycles. The zero-order chi connectivity index (χ0) is 17.8. The lowest BCUT2D eigenvalue weighted by Gasteiger charge is -2.25. The van der Waals surface area contributed by atoms with Crippen LogP contribution in [0.25, 0.3) is 0 Å². The molecule has 1 aromatic carbocycles. The van der Waals surface area contributed by atoms with Crippen LogP contribution in [0, 0.1) is 0 Å². The number of hydrogen-bond acceptors (Lipinski definition) is 4. The molecule has 25 heavy (non-hydrogen) atoms. The Hall–Kier alpha value is -1.97. The van der Waals surface area contributed by atoms with Crippen molar-refractivity contribution in [3.63, 3.8) is 0 Å². The summed E-state index contributed by atoms with van der Waals surface area (Å²) in [7, 11) is 0.521. The van der Waals surface area contributed by atoms with Crippen LogP contribution in [0.4, 0.5) is 0 Å². The number of hydrazine groups is 1. The van der Waals surface area contributed by atoms with Gasteiger partial charge in [-0.15, -0.1) is 0 Å². The second kappa shape index (κ2) is 7.94. The van der Waals surface area contributed by atoms with E-state index in [1.165, 1.54) is 5.56 Å². The van der Waals surface area contributed by atoms with Crippen molar-refractivity contribution in [3.05, 3.63) is 58.9 Å². The molecule has 2 atom stereocenters. The number of allylic oxidation sites excluding steroid dienone is 3. The maximum Gasteiger partial charge on any atom is 0.121 e. The summed E-state index contributed by atoms with van der Waals surface area (Å²) >= 11 is 0. The van der Waals surface area contributed by atoms with Gasteiger partial charge in [0, 0.05) is 39.5 Å². The fraction of sp³-hybridized carbons (Fsp3) is 0.368. The minimum absolute atomic E-state index is 0.221. The van der Waals surface area contributed by atoms with E-state index in [0.29, 0.717) is 8.73 Å². The summed E-state index contributed by atoms with van der Waals surface area (Å²) in [6.45, 7) is 4.90. The molecule has 2 unspecified atom stereocenters. The van der Waals surface area contributed by atoms with E-state index >= 15 is 0 Å². The third-order valence-electron chi connectivity index (χ3n) is 4.81. The molecule has 3 rings (SSSR count). The van der Waals surface area contributed by atoms with Crippen LogP contribution in [0.1, 0.15) is 37.7 Å². The van der Waals surface area contributed by atoms with E-state index in [0.717, 1.165) is 54.2 Å². The maximum atomic E-state index is 6.57. The number of amidine groups is 1. The third-order valence-corrected chi connectivity index (χ3v) is 5.29. The van der Waals surface area contributed by atoms with E-state index in [4.69, 9.17) is 16.6 Å². The Labute approximate surface area is 151 Å². The van der Waals surface area contributed by atoms with Crippen molar-refractivity contribution in [1.29, 1.82) is 0 Å². The summed E-state index contributed by atoms with van der Waals surface area (Å²) in [6, 6.07) is 10.5. The van der Waals surface area contributed by atoms with E-state index in [9.17, 15) is 0 Å². The molecule has 0 bridgehead atoms. The number of nitrogens with zero attached hydrogens (tertiary/aromatic N) is 3. The normalized spacial score (nSPS) is 23.9. The van der Waals surface area contributed by atoms with E-state index in [-0.39, 0.29) is 5.92 Å². The molecule has 0 fully saturated rings. The van der Waals surface area contributed by atoms with Gasteiger partial charge in [-0.25, -0.2) is 5.84 Å². The van der Waals surface area contributed by atoms with Crippen LogP contribution in [-0.4, -0.2) is 29.8 Å². The van der Waals surface area contributed by atoms with Crippen LogP contribution >= 0.6 is 8.73 Å². The maximum absolute atomic E-state index is 6.57. The quantitative estimate of drug-likeness (QED) is 0.645. The first-order valence-corrected chi connectivity index (χ1v) is 10.1. The molecular formula is C19H26N5P. The Morgan fingerprint density at radius 3 is 2.68 bits per heavy atom. The van der Waals surface area contributed by atoms with Gasteiger partial charge in [-0.05, 0) is 43.1 Å². The number of rotatable bonds is 3. The molecule has 2 heterocycles. The van der Waals surface area contributed by atoms with Gasteiger partial charge in [0.25, 0.3) is 0 Å². The van der Waals surface area contributed by atoms with Crippen LogP contribution in [0.15, 0.2) is 63.1 Å². The first-order chi connectivity index (χ1) is 12.1. The van der Waals surface area contributed by atoms with Gasteiger partial charge < -0.3 is 5.73 Å². The summed E-state index contributed by atoms with van der Waals surface area (Å²) in [5.41, 5.74) is 12.0. The van der Waals surface area contributed by atoms with Crippen molar-refractivity contribution >= 4 is 20.3 Å². The second-order valence-electron chi connectivity index (χ2n) is 6.38. The zero-order valence-corrected chi connectivity index (χ0v) is 15.9. The minimum atomic E-state index is 0.221. The number of benzene rings is 1. The van der Waals surface area contributed by atoms with Crippen molar-refractivity contribution in [2.45, 2.75) is 32.1 Å². The highest BCUT2D eigenvalue weighted by Crippen LogP contribution is 2.32. The van der Waals surface area contributed by atoms with E-state index in [2.05, 4.69) is 36.0 Å². The van der Waals surface area contributed by atoms with Crippen LogP contribution in [0.3, 0.4) is 0 Å². The third kappa shape index (κ3) is 3.83. The topological polar surface area (TPSA) is 80.0 Å². The molecule has 132 valence electrons. The van der Waals surface area contributed by atoms with Gasteiger partial charge in [0.05, 0.1) is 5.71 Å². The molecule has 0 spiro atoms. The molecular weight excluding hydrogens is 329 g/mol. The molecule has 6 heteroatoms. The highest BCUT2D eigenvalue weighted by atomic mass is 31.1.